The van der Waals surface area contributed by atoms with Crippen LogP contribution in [-0.2, 0) is 22.5 Å². The van der Waals surface area contributed by atoms with Crippen LogP contribution < -0.4 is 5.32 Å². The largest absolute Gasteiger partial charge is 0.444 e. The van der Waals surface area contributed by atoms with E-state index in [1.165, 1.54) is 0 Å². The normalized spacial score (nSPS) is 15.6. The third-order valence-electron chi connectivity index (χ3n) is 5.02. The number of carbonyl (C=O) groups excluding carboxylic acids is 4. The van der Waals surface area contributed by atoms with Crippen molar-refractivity contribution in [3.05, 3.63) is 46.6 Å². The first kappa shape index (κ1) is 20.6. The molecule has 0 fully saturated rings. The predicted octanol–water partition coefficient (Wildman–Crippen LogP) is 1.94. The quantitative estimate of drug-likeness (QED) is 0.724. The minimum absolute atomic E-state index is 0.226. The van der Waals surface area contributed by atoms with Crippen molar-refractivity contribution in [3.63, 3.8) is 0 Å². The van der Waals surface area contributed by atoms with Crippen LogP contribution in [0.15, 0.2) is 24.3 Å². The molecule has 4 rings (SSSR count). The Kier molecular flexibility index (Phi) is 5.00. The van der Waals surface area contributed by atoms with Gasteiger partial charge in [0.2, 0.25) is 5.91 Å². The molecule has 2 aromatic rings. The molecule has 31 heavy (non-hydrogen) atoms. The zero-order valence-electron chi connectivity index (χ0n) is 17.5. The summed E-state index contributed by atoms with van der Waals surface area (Å²) < 4.78 is 5.42. The monoisotopic (exact) mass is 425 g/mol. The number of nitrogens with one attached hydrogen (secondary N) is 2. The zero-order chi connectivity index (χ0) is 22.3. The van der Waals surface area contributed by atoms with E-state index in [2.05, 4.69) is 15.5 Å². The van der Waals surface area contributed by atoms with Gasteiger partial charge in [-0.15, -0.1) is 0 Å². The van der Waals surface area contributed by atoms with Gasteiger partial charge in [-0.3, -0.25) is 24.4 Å². The Morgan fingerprint density at radius 1 is 1.16 bits per heavy atom. The Morgan fingerprint density at radius 3 is 2.42 bits per heavy atom. The Hall–Kier alpha value is -3.69. The molecule has 0 aliphatic carbocycles. The SMILES string of the molecule is CC(C)(C)OC(=O)N1CCc2[nH]nc(NC(=O)CN3C(=O)c4ccccc4C3=O)c2C1. The van der Waals surface area contributed by atoms with Crippen LogP contribution in [0.5, 0.6) is 0 Å². The number of anilines is 1. The minimum atomic E-state index is -0.614. The fourth-order valence-electron chi connectivity index (χ4n) is 3.58. The lowest BCUT2D eigenvalue weighted by Gasteiger charge is -2.30. The summed E-state index contributed by atoms with van der Waals surface area (Å²) in [6.45, 7) is 5.65. The molecule has 0 radical (unpaired) electrons. The molecule has 2 N–H and O–H groups in total. The summed E-state index contributed by atoms with van der Waals surface area (Å²) in [4.78, 5) is 52.3. The topological polar surface area (TPSA) is 125 Å². The van der Waals surface area contributed by atoms with Crippen LogP contribution in [0.4, 0.5) is 10.6 Å². The van der Waals surface area contributed by atoms with E-state index in [0.29, 0.717) is 18.5 Å². The van der Waals surface area contributed by atoms with Gasteiger partial charge in [0.05, 0.1) is 17.7 Å². The highest BCUT2D eigenvalue weighted by atomic mass is 16.6. The fourth-order valence-corrected chi connectivity index (χ4v) is 3.58. The number of rotatable bonds is 3. The Morgan fingerprint density at radius 2 is 1.81 bits per heavy atom. The second-order valence-electron chi connectivity index (χ2n) is 8.47. The van der Waals surface area contributed by atoms with E-state index in [0.717, 1.165) is 10.6 Å². The molecule has 3 heterocycles. The smallest absolute Gasteiger partial charge is 0.410 e. The highest BCUT2D eigenvalue weighted by Gasteiger charge is 2.36. The molecule has 0 unspecified atom stereocenters. The van der Waals surface area contributed by atoms with Crippen LogP contribution in [0, 0.1) is 0 Å². The Labute approximate surface area is 178 Å². The molecule has 10 heteroatoms. The maximum absolute atomic E-state index is 12.6. The van der Waals surface area contributed by atoms with Gasteiger partial charge in [-0.05, 0) is 32.9 Å². The standard InChI is InChI=1S/C21H23N5O5/c1-21(2,3)31-20(30)25-9-8-15-14(10-25)17(24-23-15)22-16(27)11-26-18(28)12-6-4-5-7-13(12)19(26)29/h4-7H,8-11H2,1-3H3,(H2,22,23,24,27). The van der Waals surface area contributed by atoms with Crippen LogP contribution in [-0.4, -0.2) is 62.5 Å². The van der Waals surface area contributed by atoms with Crippen molar-refractivity contribution in [2.45, 2.75) is 39.3 Å². The second kappa shape index (κ2) is 7.53. The Balaban J connectivity index is 1.43. The number of fused-ring (bicyclic) bond motifs is 2. The van der Waals surface area contributed by atoms with Gasteiger partial charge in [0.15, 0.2) is 5.82 Å². The number of H-pyrrole nitrogens is 1. The predicted molar refractivity (Wildman–Crippen MR) is 109 cm³/mol. The lowest BCUT2D eigenvalue weighted by Crippen LogP contribution is -2.40. The first-order valence-corrected chi connectivity index (χ1v) is 9.93. The molecule has 0 spiro atoms. The van der Waals surface area contributed by atoms with E-state index in [1.807, 2.05) is 0 Å². The number of carbonyl (C=O) groups is 4. The van der Waals surface area contributed by atoms with Crippen molar-refractivity contribution >= 4 is 29.6 Å². The van der Waals surface area contributed by atoms with Crippen molar-refractivity contribution in [2.24, 2.45) is 0 Å². The summed E-state index contributed by atoms with van der Waals surface area (Å²) in [6, 6.07) is 6.45. The van der Waals surface area contributed by atoms with Gasteiger partial charge >= 0.3 is 6.09 Å². The summed E-state index contributed by atoms with van der Waals surface area (Å²) in [7, 11) is 0. The summed E-state index contributed by atoms with van der Waals surface area (Å²) >= 11 is 0. The van der Waals surface area contributed by atoms with Crippen molar-refractivity contribution < 1.29 is 23.9 Å². The lowest BCUT2D eigenvalue weighted by atomic mass is 10.1. The number of nitrogens with zero attached hydrogens (tertiary/aromatic N) is 3. The van der Waals surface area contributed by atoms with Gasteiger partial charge in [0.25, 0.3) is 11.8 Å². The van der Waals surface area contributed by atoms with Crippen molar-refractivity contribution in [3.8, 4) is 0 Å². The number of benzene rings is 1. The molecule has 4 amide bonds. The van der Waals surface area contributed by atoms with Gasteiger partial charge in [-0.2, -0.15) is 5.10 Å². The van der Waals surface area contributed by atoms with Crippen LogP contribution in [0.3, 0.4) is 0 Å². The van der Waals surface area contributed by atoms with Gasteiger partial charge in [0.1, 0.15) is 12.1 Å². The average Bonchev–Trinajstić information content (AvgIpc) is 3.21. The Bertz CT molecular complexity index is 1050. The first-order valence-electron chi connectivity index (χ1n) is 9.93. The van der Waals surface area contributed by atoms with Crippen molar-refractivity contribution in [1.82, 2.24) is 20.0 Å². The number of imide groups is 1. The molecule has 2 aliphatic rings. The molecular weight excluding hydrogens is 402 g/mol. The summed E-state index contributed by atoms with van der Waals surface area (Å²) in [6.07, 6.45) is 0.0956. The molecule has 0 bridgehead atoms. The van der Waals surface area contributed by atoms with Crippen LogP contribution >= 0.6 is 0 Å². The van der Waals surface area contributed by atoms with Crippen molar-refractivity contribution in [1.29, 1.82) is 0 Å². The highest BCUT2D eigenvalue weighted by Crippen LogP contribution is 2.26. The molecule has 2 aliphatic heterocycles. The van der Waals surface area contributed by atoms with Gasteiger partial charge < -0.3 is 15.0 Å². The van der Waals surface area contributed by atoms with Gasteiger partial charge in [-0.1, -0.05) is 12.1 Å². The number of amides is 4. The molecule has 162 valence electrons. The van der Waals surface area contributed by atoms with E-state index < -0.39 is 36.0 Å². The molecule has 0 saturated carbocycles. The van der Waals surface area contributed by atoms with Gasteiger partial charge in [0, 0.05) is 24.2 Å². The molecule has 10 nitrogen and oxygen atoms in total. The van der Waals surface area contributed by atoms with E-state index in [-0.39, 0.29) is 23.5 Å². The number of hydrogen-bond donors (Lipinski definition) is 2. The number of hydrogen-bond acceptors (Lipinski definition) is 6. The molecule has 1 aromatic carbocycles. The minimum Gasteiger partial charge on any atom is -0.444 e. The van der Waals surface area contributed by atoms with Gasteiger partial charge in [-0.25, -0.2) is 4.79 Å². The van der Waals surface area contributed by atoms with Crippen LogP contribution in [0.1, 0.15) is 52.7 Å². The highest BCUT2D eigenvalue weighted by molar-refractivity contribution is 6.22. The second-order valence-corrected chi connectivity index (χ2v) is 8.47. The van der Waals surface area contributed by atoms with Crippen molar-refractivity contribution in [2.75, 3.05) is 18.4 Å². The zero-order valence-corrected chi connectivity index (χ0v) is 17.5. The summed E-state index contributed by atoms with van der Waals surface area (Å²) in [5.74, 6) is -1.30. The third-order valence-corrected chi connectivity index (χ3v) is 5.02. The fraction of sp³-hybridized carbons (Fsp3) is 0.381. The van der Waals surface area contributed by atoms with Crippen LogP contribution in [0.25, 0.3) is 0 Å². The molecule has 0 atom stereocenters. The van der Waals surface area contributed by atoms with E-state index in [4.69, 9.17) is 4.74 Å². The molecular formula is C21H23N5O5. The maximum Gasteiger partial charge on any atom is 0.410 e. The van der Waals surface area contributed by atoms with Crippen LogP contribution in [0.2, 0.25) is 0 Å². The molecule has 0 saturated heterocycles. The summed E-state index contributed by atoms with van der Waals surface area (Å²) in [5.41, 5.74) is 1.44. The van der Waals surface area contributed by atoms with E-state index >= 15 is 0 Å². The number of ether oxygens (including phenoxy) is 1. The summed E-state index contributed by atoms with van der Waals surface area (Å²) in [5, 5.41) is 9.65. The first-order chi connectivity index (χ1) is 14.6. The van der Waals surface area contributed by atoms with E-state index in [1.54, 1.807) is 49.9 Å². The van der Waals surface area contributed by atoms with E-state index in [9.17, 15) is 19.2 Å². The number of aromatic amines is 1. The lowest BCUT2D eigenvalue weighted by molar-refractivity contribution is -0.116. The third kappa shape index (κ3) is 4.00. The molecule has 1 aromatic heterocycles. The average molecular weight is 425 g/mol. The number of aromatic nitrogens is 2. The maximum atomic E-state index is 12.6.